The van der Waals surface area contributed by atoms with Gasteiger partial charge in [-0.2, -0.15) is 0 Å². The quantitative estimate of drug-likeness (QED) is 0.917. The molecule has 1 aliphatic heterocycles. The molecule has 0 amide bonds. The third-order valence-corrected chi connectivity index (χ3v) is 3.43. The number of carbonyl (C=O) groups is 1. The lowest BCUT2D eigenvalue weighted by molar-refractivity contribution is -0.138. The molecule has 1 aromatic carbocycles. The molecule has 1 fully saturated rings. The van der Waals surface area contributed by atoms with Crippen LogP contribution < -0.4 is 0 Å². The average Bonchev–Trinajstić information content (AvgIpc) is 2.53. The largest absolute Gasteiger partial charge is 0.480 e. The summed E-state index contributed by atoms with van der Waals surface area (Å²) in [4.78, 5) is 12.7. The van der Waals surface area contributed by atoms with Crippen molar-refractivity contribution in [2.24, 2.45) is 5.92 Å². The van der Waals surface area contributed by atoms with Crippen LogP contribution in [0.15, 0.2) is 24.3 Å². The molecule has 1 aliphatic rings. The Kier molecular flexibility index (Phi) is 5.19. The Morgan fingerprint density at radius 3 is 3.11 bits per heavy atom. The van der Waals surface area contributed by atoms with Crippen LogP contribution in [0.5, 0.6) is 0 Å². The monoisotopic (exact) mass is 283 g/mol. The van der Waals surface area contributed by atoms with E-state index >= 15 is 0 Å². The Hall–Kier alpha value is -1.10. The van der Waals surface area contributed by atoms with Gasteiger partial charge in [-0.15, -0.1) is 0 Å². The third-order valence-electron chi connectivity index (χ3n) is 3.19. The summed E-state index contributed by atoms with van der Waals surface area (Å²) in [5.41, 5.74) is 1.17. The van der Waals surface area contributed by atoms with Crippen molar-refractivity contribution >= 4 is 17.6 Å². The van der Waals surface area contributed by atoms with E-state index in [2.05, 4.69) is 0 Å². The average molecular weight is 284 g/mol. The van der Waals surface area contributed by atoms with Crippen LogP contribution >= 0.6 is 11.6 Å². The van der Waals surface area contributed by atoms with Crippen LogP contribution in [-0.4, -0.2) is 48.8 Å². The molecule has 1 atom stereocenters. The molecule has 5 heteroatoms. The molecule has 0 radical (unpaired) electrons. The molecule has 1 saturated heterocycles. The van der Waals surface area contributed by atoms with Gasteiger partial charge in [-0.1, -0.05) is 23.7 Å². The summed E-state index contributed by atoms with van der Waals surface area (Å²) in [5, 5.41) is 9.60. The first-order chi connectivity index (χ1) is 9.13. The second-order valence-corrected chi connectivity index (χ2v) is 5.34. The van der Waals surface area contributed by atoms with E-state index in [4.69, 9.17) is 21.4 Å². The highest BCUT2D eigenvalue weighted by Crippen LogP contribution is 2.17. The highest BCUT2D eigenvalue weighted by atomic mass is 35.5. The Morgan fingerprint density at radius 2 is 2.37 bits per heavy atom. The fraction of sp³-hybridized carbons (Fsp3) is 0.500. The van der Waals surface area contributed by atoms with E-state index in [0.717, 1.165) is 18.0 Å². The molecule has 0 bridgehead atoms. The minimum absolute atomic E-state index is 0.0788. The molecule has 0 unspecified atom stereocenters. The van der Waals surface area contributed by atoms with E-state index < -0.39 is 5.97 Å². The molecule has 19 heavy (non-hydrogen) atoms. The van der Waals surface area contributed by atoms with Crippen molar-refractivity contribution in [3.63, 3.8) is 0 Å². The number of carboxylic acid groups (broad SMARTS) is 1. The first-order valence-corrected chi connectivity index (χ1v) is 6.77. The summed E-state index contributed by atoms with van der Waals surface area (Å²) in [6.07, 6.45) is 0.858. The predicted octanol–water partition coefficient (Wildman–Crippen LogP) is 1.92. The van der Waals surface area contributed by atoms with Gasteiger partial charge in [0.15, 0.2) is 0 Å². The van der Waals surface area contributed by atoms with Gasteiger partial charge >= 0.3 is 5.97 Å². The van der Waals surface area contributed by atoms with Crippen LogP contribution in [0.4, 0.5) is 0 Å². The van der Waals surface area contributed by atoms with Gasteiger partial charge in [-0.3, -0.25) is 9.69 Å². The van der Waals surface area contributed by atoms with E-state index in [9.17, 15) is 4.79 Å². The van der Waals surface area contributed by atoms with E-state index in [0.29, 0.717) is 25.7 Å². The molecule has 1 aromatic rings. The first-order valence-electron chi connectivity index (χ1n) is 6.40. The number of ether oxygens (including phenoxy) is 1. The Bertz CT molecular complexity index is 438. The van der Waals surface area contributed by atoms with Crippen molar-refractivity contribution in [1.82, 2.24) is 4.90 Å². The summed E-state index contributed by atoms with van der Waals surface area (Å²) < 4.78 is 5.55. The number of carboxylic acids is 1. The van der Waals surface area contributed by atoms with E-state index in [1.54, 1.807) is 0 Å². The summed E-state index contributed by atoms with van der Waals surface area (Å²) in [6, 6.07) is 7.78. The summed E-state index contributed by atoms with van der Waals surface area (Å²) >= 11 is 5.97. The van der Waals surface area contributed by atoms with Crippen molar-refractivity contribution in [2.45, 2.75) is 6.42 Å². The number of nitrogens with zero attached hydrogens (tertiary/aromatic N) is 1. The van der Waals surface area contributed by atoms with Gasteiger partial charge in [0.1, 0.15) is 0 Å². The molecule has 0 aromatic heterocycles. The summed E-state index contributed by atoms with van der Waals surface area (Å²) in [7, 11) is 0. The first kappa shape index (κ1) is 14.3. The van der Waals surface area contributed by atoms with Crippen LogP contribution in [0.25, 0.3) is 0 Å². The second kappa shape index (κ2) is 6.89. The van der Waals surface area contributed by atoms with Gasteiger partial charge in [0.05, 0.1) is 19.8 Å². The van der Waals surface area contributed by atoms with Crippen molar-refractivity contribution in [1.29, 1.82) is 0 Å². The smallest absolute Gasteiger partial charge is 0.317 e. The minimum atomic E-state index is -0.789. The molecule has 1 N–H and O–H groups in total. The highest BCUT2D eigenvalue weighted by Gasteiger charge is 2.20. The second-order valence-electron chi connectivity index (χ2n) is 4.90. The number of halogens is 1. The van der Waals surface area contributed by atoms with Gasteiger partial charge in [-0.05, 0) is 30.0 Å². The Labute approximate surface area is 117 Å². The van der Waals surface area contributed by atoms with Crippen molar-refractivity contribution < 1.29 is 14.6 Å². The molecular weight excluding hydrogens is 266 g/mol. The van der Waals surface area contributed by atoms with Crippen molar-refractivity contribution in [3.05, 3.63) is 34.9 Å². The topological polar surface area (TPSA) is 49.8 Å². The van der Waals surface area contributed by atoms with E-state index in [1.807, 2.05) is 29.2 Å². The van der Waals surface area contributed by atoms with E-state index in [-0.39, 0.29) is 6.54 Å². The third kappa shape index (κ3) is 4.82. The molecule has 0 spiro atoms. The molecule has 1 heterocycles. The van der Waals surface area contributed by atoms with Crippen LogP contribution in [0.3, 0.4) is 0 Å². The maximum absolute atomic E-state index is 10.8. The summed E-state index contributed by atoms with van der Waals surface area (Å²) in [5.74, 6) is -0.483. The van der Waals surface area contributed by atoms with Gasteiger partial charge in [-0.25, -0.2) is 0 Å². The normalized spacial score (nSPS) is 21.0. The Balaban J connectivity index is 1.96. The zero-order chi connectivity index (χ0) is 13.7. The van der Waals surface area contributed by atoms with Gasteiger partial charge in [0, 0.05) is 18.1 Å². The van der Waals surface area contributed by atoms with Crippen LogP contribution in [0.1, 0.15) is 5.56 Å². The SMILES string of the molecule is O=C(O)CN1CCOC[C@@H](Cc2cccc(Cl)c2)C1. The van der Waals surface area contributed by atoms with Crippen LogP contribution in [0, 0.1) is 5.92 Å². The molecule has 0 saturated carbocycles. The van der Waals surface area contributed by atoms with Gasteiger partial charge < -0.3 is 9.84 Å². The van der Waals surface area contributed by atoms with E-state index in [1.165, 1.54) is 5.56 Å². The zero-order valence-electron chi connectivity index (χ0n) is 10.7. The van der Waals surface area contributed by atoms with Crippen molar-refractivity contribution in [2.75, 3.05) is 32.8 Å². The number of benzene rings is 1. The maximum atomic E-state index is 10.8. The molecule has 104 valence electrons. The molecular formula is C14H18ClNO3. The standard InChI is InChI=1S/C14H18ClNO3/c15-13-3-1-2-11(7-13)6-12-8-16(9-14(17)18)4-5-19-10-12/h1-3,7,12H,4-6,8-10H2,(H,17,18)/t12-/m0/s1. The highest BCUT2D eigenvalue weighted by molar-refractivity contribution is 6.30. The zero-order valence-corrected chi connectivity index (χ0v) is 11.5. The maximum Gasteiger partial charge on any atom is 0.317 e. The predicted molar refractivity (Wildman–Crippen MR) is 73.5 cm³/mol. The fourth-order valence-electron chi connectivity index (χ4n) is 2.41. The van der Waals surface area contributed by atoms with Gasteiger partial charge in [0.25, 0.3) is 0 Å². The summed E-state index contributed by atoms with van der Waals surface area (Å²) in [6.45, 7) is 2.77. The molecule has 4 nitrogen and oxygen atoms in total. The Morgan fingerprint density at radius 1 is 1.53 bits per heavy atom. The fourth-order valence-corrected chi connectivity index (χ4v) is 2.62. The van der Waals surface area contributed by atoms with Crippen LogP contribution in [0.2, 0.25) is 5.02 Å². The molecule has 2 rings (SSSR count). The lowest BCUT2D eigenvalue weighted by atomic mass is 9.99. The van der Waals surface area contributed by atoms with Crippen LogP contribution in [-0.2, 0) is 16.0 Å². The lowest BCUT2D eigenvalue weighted by Crippen LogP contribution is -2.35. The van der Waals surface area contributed by atoms with Crippen molar-refractivity contribution in [3.8, 4) is 0 Å². The lowest BCUT2D eigenvalue weighted by Gasteiger charge is -2.21. The van der Waals surface area contributed by atoms with Gasteiger partial charge in [0.2, 0.25) is 0 Å². The number of aliphatic carboxylic acids is 1. The molecule has 0 aliphatic carbocycles. The number of hydrogen-bond donors (Lipinski definition) is 1. The number of hydrogen-bond acceptors (Lipinski definition) is 3. The minimum Gasteiger partial charge on any atom is -0.480 e. The number of rotatable bonds is 4.